The second-order valence-corrected chi connectivity index (χ2v) is 3.36. The maximum absolute atomic E-state index is 5.45. The summed E-state index contributed by atoms with van der Waals surface area (Å²) in [6.07, 6.45) is 2.90. The first kappa shape index (κ1) is 9.28. The number of benzene rings is 1. The zero-order chi connectivity index (χ0) is 9.80. The van der Waals surface area contributed by atoms with Crippen molar-refractivity contribution in [2.45, 2.75) is 13.3 Å². The third-order valence-electron chi connectivity index (χ3n) is 2.38. The van der Waals surface area contributed by atoms with Crippen LogP contribution in [0.4, 0.5) is 0 Å². The van der Waals surface area contributed by atoms with Gasteiger partial charge in [0.1, 0.15) is 5.58 Å². The monoisotopic (exact) mass is 189 g/mol. The Bertz CT molecular complexity index is 405. The minimum absolute atomic E-state index is 0.985. The molecule has 14 heavy (non-hydrogen) atoms. The summed E-state index contributed by atoms with van der Waals surface area (Å²) >= 11 is 0. The molecule has 0 unspecified atom stereocenters. The molecule has 0 aliphatic carbocycles. The molecule has 2 nitrogen and oxygen atoms in total. The van der Waals surface area contributed by atoms with E-state index in [0.717, 1.165) is 25.1 Å². The van der Waals surface area contributed by atoms with Crippen molar-refractivity contribution in [3.8, 4) is 0 Å². The molecule has 1 aromatic carbocycles. The van der Waals surface area contributed by atoms with E-state index in [1.807, 2.05) is 18.4 Å². The molecular formula is C12H15NO. The maximum atomic E-state index is 5.45. The van der Waals surface area contributed by atoms with Gasteiger partial charge in [-0.3, -0.25) is 0 Å². The minimum atomic E-state index is 0.985. The van der Waals surface area contributed by atoms with E-state index in [0.29, 0.717) is 0 Å². The van der Waals surface area contributed by atoms with Crippen LogP contribution in [0.1, 0.15) is 12.5 Å². The van der Waals surface area contributed by atoms with Crippen molar-refractivity contribution < 1.29 is 4.42 Å². The van der Waals surface area contributed by atoms with Crippen LogP contribution in [0.3, 0.4) is 0 Å². The van der Waals surface area contributed by atoms with Gasteiger partial charge in [-0.05, 0) is 31.1 Å². The third-order valence-corrected chi connectivity index (χ3v) is 2.38. The number of hydrogen-bond acceptors (Lipinski definition) is 2. The zero-order valence-corrected chi connectivity index (χ0v) is 8.42. The number of fused-ring (bicyclic) bond motifs is 1. The Kier molecular flexibility index (Phi) is 2.84. The number of nitrogens with one attached hydrogen (secondary N) is 1. The Balaban J connectivity index is 2.17. The van der Waals surface area contributed by atoms with Crippen LogP contribution in [0.25, 0.3) is 11.0 Å². The Morgan fingerprint density at radius 1 is 1.29 bits per heavy atom. The predicted octanol–water partition coefficient (Wildman–Crippen LogP) is 2.58. The van der Waals surface area contributed by atoms with Crippen molar-refractivity contribution in [2.24, 2.45) is 0 Å². The highest BCUT2D eigenvalue weighted by Crippen LogP contribution is 2.20. The lowest BCUT2D eigenvalue weighted by molar-refractivity contribution is 0.607. The number of para-hydroxylation sites is 1. The maximum Gasteiger partial charge on any atom is 0.134 e. The SMILES string of the molecule is CCNCCc1coc2ccccc12. The molecule has 1 N–H and O–H groups in total. The lowest BCUT2D eigenvalue weighted by Gasteiger charge is -1.98. The van der Waals surface area contributed by atoms with Gasteiger partial charge in [-0.2, -0.15) is 0 Å². The molecule has 0 spiro atoms. The van der Waals surface area contributed by atoms with E-state index in [1.165, 1.54) is 10.9 Å². The summed E-state index contributed by atoms with van der Waals surface area (Å²) in [7, 11) is 0. The Morgan fingerprint density at radius 3 is 3.00 bits per heavy atom. The zero-order valence-electron chi connectivity index (χ0n) is 8.42. The van der Waals surface area contributed by atoms with Crippen LogP contribution in [0.2, 0.25) is 0 Å². The summed E-state index contributed by atoms with van der Waals surface area (Å²) in [6.45, 7) is 4.16. The lowest BCUT2D eigenvalue weighted by Crippen LogP contribution is -2.15. The highest BCUT2D eigenvalue weighted by Gasteiger charge is 2.03. The van der Waals surface area contributed by atoms with Crippen molar-refractivity contribution >= 4 is 11.0 Å². The van der Waals surface area contributed by atoms with Crippen molar-refractivity contribution in [3.63, 3.8) is 0 Å². The van der Waals surface area contributed by atoms with Gasteiger partial charge >= 0.3 is 0 Å². The molecule has 2 rings (SSSR count). The first-order valence-electron chi connectivity index (χ1n) is 5.07. The number of rotatable bonds is 4. The van der Waals surface area contributed by atoms with Gasteiger partial charge in [-0.15, -0.1) is 0 Å². The Hall–Kier alpha value is -1.28. The van der Waals surface area contributed by atoms with Gasteiger partial charge in [0.15, 0.2) is 0 Å². The minimum Gasteiger partial charge on any atom is -0.464 e. The molecule has 0 atom stereocenters. The van der Waals surface area contributed by atoms with E-state index >= 15 is 0 Å². The smallest absolute Gasteiger partial charge is 0.134 e. The number of likely N-dealkylation sites (N-methyl/N-ethyl adjacent to an activating group) is 1. The standard InChI is InChI=1S/C12H15NO/c1-2-13-8-7-10-9-14-12-6-4-3-5-11(10)12/h3-6,9,13H,2,7-8H2,1H3. The molecule has 2 aromatic rings. The fourth-order valence-corrected chi connectivity index (χ4v) is 1.63. The van der Waals surface area contributed by atoms with E-state index < -0.39 is 0 Å². The molecule has 0 fully saturated rings. The summed E-state index contributed by atoms with van der Waals surface area (Å²) < 4.78 is 5.45. The normalized spacial score (nSPS) is 10.9. The molecule has 0 saturated heterocycles. The van der Waals surface area contributed by atoms with Gasteiger partial charge in [-0.25, -0.2) is 0 Å². The summed E-state index contributed by atoms with van der Waals surface area (Å²) in [4.78, 5) is 0. The van der Waals surface area contributed by atoms with Crippen molar-refractivity contribution in [3.05, 3.63) is 36.1 Å². The summed E-state index contributed by atoms with van der Waals surface area (Å²) in [5.74, 6) is 0. The molecule has 2 heteroatoms. The first-order chi connectivity index (χ1) is 6.92. The molecule has 0 radical (unpaired) electrons. The van der Waals surface area contributed by atoms with Crippen LogP contribution < -0.4 is 5.32 Å². The van der Waals surface area contributed by atoms with Crippen LogP contribution in [-0.2, 0) is 6.42 Å². The third kappa shape index (κ3) is 1.80. The van der Waals surface area contributed by atoms with Gasteiger partial charge < -0.3 is 9.73 Å². The van der Waals surface area contributed by atoms with Crippen LogP contribution in [0, 0.1) is 0 Å². The molecule has 0 amide bonds. The predicted molar refractivity (Wildman–Crippen MR) is 58.5 cm³/mol. The van der Waals surface area contributed by atoms with E-state index in [1.54, 1.807) is 0 Å². The van der Waals surface area contributed by atoms with Crippen LogP contribution in [0.15, 0.2) is 34.9 Å². The fraction of sp³-hybridized carbons (Fsp3) is 0.333. The van der Waals surface area contributed by atoms with E-state index in [9.17, 15) is 0 Å². The van der Waals surface area contributed by atoms with Gasteiger partial charge in [0.25, 0.3) is 0 Å². The summed E-state index contributed by atoms with van der Waals surface area (Å²) in [6, 6.07) is 8.17. The van der Waals surface area contributed by atoms with Crippen LogP contribution in [0.5, 0.6) is 0 Å². The Labute approximate surface area is 83.9 Å². The number of furan rings is 1. The second kappa shape index (κ2) is 4.29. The first-order valence-corrected chi connectivity index (χ1v) is 5.07. The number of hydrogen-bond donors (Lipinski definition) is 1. The average Bonchev–Trinajstić information content (AvgIpc) is 2.63. The molecule has 74 valence electrons. The van der Waals surface area contributed by atoms with Gasteiger partial charge in [0.05, 0.1) is 6.26 Å². The molecule has 1 aromatic heterocycles. The largest absolute Gasteiger partial charge is 0.464 e. The molecule has 0 aliphatic heterocycles. The second-order valence-electron chi connectivity index (χ2n) is 3.36. The quantitative estimate of drug-likeness (QED) is 0.748. The summed E-state index contributed by atoms with van der Waals surface area (Å²) in [5, 5.41) is 4.55. The molecule has 1 heterocycles. The van der Waals surface area contributed by atoms with Crippen LogP contribution in [-0.4, -0.2) is 13.1 Å². The summed E-state index contributed by atoms with van der Waals surface area (Å²) in [5.41, 5.74) is 2.28. The molecule has 0 saturated carbocycles. The average molecular weight is 189 g/mol. The fourth-order valence-electron chi connectivity index (χ4n) is 1.63. The van der Waals surface area contributed by atoms with E-state index in [2.05, 4.69) is 24.4 Å². The van der Waals surface area contributed by atoms with Crippen molar-refractivity contribution in [1.82, 2.24) is 5.32 Å². The highest BCUT2D eigenvalue weighted by atomic mass is 16.3. The molecule has 0 bridgehead atoms. The van der Waals surface area contributed by atoms with Gasteiger partial charge in [0, 0.05) is 5.39 Å². The Morgan fingerprint density at radius 2 is 2.14 bits per heavy atom. The van der Waals surface area contributed by atoms with E-state index in [4.69, 9.17) is 4.42 Å². The van der Waals surface area contributed by atoms with Crippen molar-refractivity contribution in [1.29, 1.82) is 0 Å². The highest BCUT2D eigenvalue weighted by molar-refractivity contribution is 5.80. The van der Waals surface area contributed by atoms with Gasteiger partial charge in [0.2, 0.25) is 0 Å². The topological polar surface area (TPSA) is 25.2 Å². The molecular weight excluding hydrogens is 174 g/mol. The van der Waals surface area contributed by atoms with E-state index in [-0.39, 0.29) is 0 Å². The van der Waals surface area contributed by atoms with Crippen molar-refractivity contribution in [2.75, 3.05) is 13.1 Å². The molecule has 0 aliphatic rings. The van der Waals surface area contributed by atoms with Crippen LogP contribution >= 0.6 is 0 Å². The lowest BCUT2D eigenvalue weighted by atomic mass is 10.1. The van der Waals surface area contributed by atoms with Gasteiger partial charge in [-0.1, -0.05) is 25.1 Å².